The lowest BCUT2D eigenvalue weighted by molar-refractivity contribution is 0.0511. The number of aromatic carboxylic acids is 1. The van der Waals surface area contributed by atoms with Crippen LogP contribution in [-0.2, 0) is 39.5 Å². The van der Waals surface area contributed by atoms with Crippen LogP contribution in [-0.4, -0.2) is 141 Å². The molecule has 22 heteroatoms. The normalized spacial score (nSPS) is 15.9. The number of sulfonamides is 3. The molecule has 6 rings (SSSR count). The summed E-state index contributed by atoms with van der Waals surface area (Å²) in [7, 11) is -9.68. The Bertz CT molecular complexity index is 2620. The monoisotopic (exact) mass is 1040 g/mol. The highest BCUT2D eigenvalue weighted by atomic mass is 32.2. The Morgan fingerprint density at radius 1 is 0.457 bits per heavy atom. The van der Waals surface area contributed by atoms with Crippen molar-refractivity contribution in [3.8, 4) is 23.0 Å². The number of hydrogen-bond donors (Lipinski definition) is 1. The maximum absolute atomic E-state index is 12.9. The largest absolute Gasteiger partial charge is 0.495 e. The van der Waals surface area contributed by atoms with Gasteiger partial charge in [0.2, 0.25) is 30.1 Å². The van der Waals surface area contributed by atoms with Crippen LogP contribution < -0.4 is 18.9 Å². The molecular weight excluding hydrogens is 971 g/mol. The van der Waals surface area contributed by atoms with Crippen LogP contribution in [0.5, 0.6) is 23.0 Å². The van der Waals surface area contributed by atoms with E-state index in [9.17, 15) is 44.7 Å². The molecule has 3 saturated heterocycles. The van der Waals surface area contributed by atoms with Crippen LogP contribution in [0.25, 0.3) is 0 Å². The molecule has 0 unspecified atom stereocenters. The molecule has 0 radical (unpaired) electrons. The number of piperidine rings is 2. The summed E-state index contributed by atoms with van der Waals surface area (Å²) >= 11 is 0. The number of rotatable bonds is 18. The van der Waals surface area contributed by atoms with Crippen molar-refractivity contribution in [3.63, 3.8) is 0 Å². The van der Waals surface area contributed by atoms with Gasteiger partial charge in [-0.15, -0.1) is 0 Å². The summed E-state index contributed by atoms with van der Waals surface area (Å²) in [4.78, 5) is 35.9. The molecule has 3 aliphatic rings. The van der Waals surface area contributed by atoms with Gasteiger partial charge >= 0.3 is 17.9 Å². The number of carbonyl (C=O) groups excluding carboxylic acids is 2. The number of nitrogens with zero attached hydrogens (tertiary/aromatic N) is 3. The lowest BCUT2D eigenvalue weighted by Gasteiger charge is -2.27. The molecule has 70 heavy (non-hydrogen) atoms. The number of carboxylic acids is 1. The molecule has 3 aromatic rings. The molecule has 3 aliphatic heterocycles. The number of methoxy groups -OCH3 is 1. The zero-order chi connectivity index (χ0) is 51.8. The van der Waals surface area contributed by atoms with Gasteiger partial charge in [-0.05, 0) is 128 Å². The summed E-state index contributed by atoms with van der Waals surface area (Å²) in [6.07, 6.45) is 7.07. The molecule has 0 aromatic heterocycles. The minimum absolute atomic E-state index is 0.0871. The average Bonchev–Trinajstić information content (AvgIpc) is 3.89. The van der Waals surface area contributed by atoms with Crippen molar-refractivity contribution in [2.75, 3.05) is 79.4 Å². The Morgan fingerprint density at radius 2 is 0.771 bits per heavy atom. The summed E-state index contributed by atoms with van der Waals surface area (Å²) in [6.45, 7) is 16.6. The quantitative estimate of drug-likeness (QED) is 0.125. The Morgan fingerprint density at radius 3 is 1.09 bits per heavy atom. The minimum Gasteiger partial charge on any atom is -0.495 e. The van der Waals surface area contributed by atoms with Crippen molar-refractivity contribution in [2.24, 2.45) is 0 Å². The molecule has 3 heterocycles. The van der Waals surface area contributed by atoms with Crippen LogP contribution in [0.2, 0.25) is 0 Å². The van der Waals surface area contributed by atoms with E-state index in [-0.39, 0.29) is 62.7 Å². The third-order valence-electron chi connectivity index (χ3n) is 11.5. The summed E-state index contributed by atoms with van der Waals surface area (Å²) in [5.41, 5.74) is 1.24. The van der Waals surface area contributed by atoms with E-state index < -0.39 is 48.0 Å². The lowest BCUT2D eigenvalue weighted by atomic mass is 10.1. The highest BCUT2D eigenvalue weighted by Crippen LogP contribution is 2.36. The molecule has 0 atom stereocenters. The third-order valence-corrected chi connectivity index (χ3v) is 17.5. The molecule has 3 aromatic carbocycles. The SMILES string of the molecule is CCOC(=O)c1cc(S(=O)(=O)N2CCCC2)c(C)cc1OCC.CCOC(=O)c1cc(S(=O)(=O)N2CCCCC2)c(C)cc1OCC.CCOc1cc(OC)c(S(=O)(=O)N2CCCCC2)cc1C(=O)O. The van der Waals surface area contributed by atoms with Gasteiger partial charge in [0.15, 0.2) is 0 Å². The molecule has 19 nitrogen and oxygen atoms in total. The topological polar surface area (TPSA) is 239 Å². The first-order valence-electron chi connectivity index (χ1n) is 23.7. The van der Waals surface area contributed by atoms with E-state index in [0.717, 1.165) is 57.4 Å². The van der Waals surface area contributed by atoms with Crippen molar-refractivity contribution in [1.29, 1.82) is 0 Å². The van der Waals surface area contributed by atoms with E-state index in [0.29, 0.717) is 75.1 Å². The Labute approximate surface area is 413 Å². The third kappa shape index (κ3) is 14.1. The zero-order valence-corrected chi connectivity index (χ0v) is 44.0. The Balaban J connectivity index is 0.000000228. The molecule has 0 saturated carbocycles. The van der Waals surface area contributed by atoms with Crippen LogP contribution in [0.15, 0.2) is 51.1 Å². The van der Waals surface area contributed by atoms with Crippen LogP contribution in [0.3, 0.4) is 0 Å². The molecule has 390 valence electrons. The smallest absolute Gasteiger partial charge is 0.341 e. The Kier molecular flexibility index (Phi) is 21.8. The molecule has 0 spiro atoms. The molecule has 3 fully saturated rings. The molecule has 0 amide bonds. The van der Waals surface area contributed by atoms with E-state index >= 15 is 0 Å². The Hall–Kier alpha value is -5.00. The maximum atomic E-state index is 12.9. The standard InChI is InChI=1S/C17H25NO5S.C16H23NO5S.C15H21NO6S/c1-4-22-15-11-13(3)16(12-14(15)17(19)23-5-2)24(20,21)18-9-7-6-8-10-18;1-4-21-14-10-12(3)15(11-13(14)16(18)22-5-2)23(19,20)17-8-6-7-9-17;1-3-22-12-10-13(21-2)14(9-11(12)15(17)18)23(19,20)16-7-5-4-6-8-16/h11-12H,4-10H2,1-3H3;10-11H,4-9H2,1-3H3;9-10H,3-8H2,1-2H3,(H,17,18). The summed E-state index contributed by atoms with van der Waals surface area (Å²) in [6, 6.07) is 8.42. The van der Waals surface area contributed by atoms with Gasteiger partial charge in [-0.2, -0.15) is 12.9 Å². The van der Waals surface area contributed by atoms with Crippen molar-refractivity contribution in [1.82, 2.24) is 12.9 Å². The van der Waals surface area contributed by atoms with E-state index in [1.807, 2.05) is 6.92 Å². The summed E-state index contributed by atoms with van der Waals surface area (Å²) < 4.78 is 113. The highest BCUT2D eigenvalue weighted by Gasteiger charge is 2.34. The van der Waals surface area contributed by atoms with E-state index in [2.05, 4.69) is 0 Å². The predicted octanol–water partition coefficient (Wildman–Crippen LogP) is 7.07. The van der Waals surface area contributed by atoms with Gasteiger partial charge in [-0.3, -0.25) is 0 Å². The van der Waals surface area contributed by atoms with Gasteiger partial charge in [0.1, 0.15) is 44.6 Å². The molecular formula is C48H69N3O16S3. The summed E-state index contributed by atoms with van der Waals surface area (Å²) in [5, 5.41) is 9.33. The first-order chi connectivity index (χ1) is 33.2. The van der Waals surface area contributed by atoms with Crippen LogP contribution >= 0.6 is 0 Å². The highest BCUT2D eigenvalue weighted by molar-refractivity contribution is 7.89. The van der Waals surface area contributed by atoms with Crippen molar-refractivity contribution in [3.05, 3.63) is 64.2 Å². The molecule has 0 aliphatic carbocycles. The van der Waals surface area contributed by atoms with Gasteiger partial charge in [-0.1, -0.05) is 12.8 Å². The zero-order valence-electron chi connectivity index (χ0n) is 41.5. The van der Waals surface area contributed by atoms with Gasteiger partial charge < -0.3 is 33.5 Å². The van der Waals surface area contributed by atoms with Gasteiger partial charge in [0.05, 0.1) is 49.9 Å². The fourth-order valence-electron chi connectivity index (χ4n) is 8.07. The van der Waals surface area contributed by atoms with Crippen molar-refractivity contribution in [2.45, 2.75) is 115 Å². The van der Waals surface area contributed by atoms with E-state index in [4.69, 9.17) is 28.4 Å². The molecule has 0 bridgehead atoms. The van der Waals surface area contributed by atoms with Crippen molar-refractivity contribution >= 4 is 48.0 Å². The van der Waals surface area contributed by atoms with Gasteiger partial charge in [0, 0.05) is 45.3 Å². The molecule has 1 N–H and O–H groups in total. The fourth-order valence-corrected chi connectivity index (χ4v) is 13.2. The predicted molar refractivity (Wildman–Crippen MR) is 261 cm³/mol. The van der Waals surface area contributed by atoms with Crippen LogP contribution in [0.4, 0.5) is 0 Å². The first-order valence-corrected chi connectivity index (χ1v) is 28.0. The van der Waals surface area contributed by atoms with Crippen LogP contribution in [0, 0.1) is 13.8 Å². The maximum Gasteiger partial charge on any atom is 0.341 e. The second kappa shape index (κ2) is 26.4. The second-order valence-electron chi connectivity index (χ2n) is 16.3. The number of benzene rings is 3. The van der Waals surface area contributed by atoms with Crippen LogP contribution in [0.1, 0.15) is 128 Å². The number of carbonyl (C=O) groups is 3. The number of carboxylic acid groups (broad SMARTS) is 1. The number of esters is 2. The number of aryl methyl sites for hydroxylation is 2. The second-order valence-corrected chi connectivity index (χ2v) is 22.0. The van der Waals surface area contributed by atoms with Crippen molar-refractivity contribution < 1.29 is 73.2 Å². The van der Waals surface area contributed by atoms with E-state index in [1.54, 1.807) is 53.7 Å². The lowest BCUT2D eigenvalue weighted by Crippen LogP contribution is -2.36. The average molecular weight is 1040 g/mol. The number of ether oxygens (including phenoxy) is 6. The van der Waals surface area contributed by atoms with Gasteiger partial charge in [0.25, 0.3) is 0 Å². The van der Waals surface area contributed by atoms with Gasteiger partial charge in [-0.25, -0.2) is 39.6 Å². The van der Waals surface area contributed by atoms with E-state index in [1.165, 1.54) is 38.2 Å². The number of hydrogen-bond acceptors (Lipinski definition) is 15. The first kappa shape index (κ1) is 57.6. The summed E-state index contributed by atoms with van der Waals surface area (Å²) in [5.74, 6) is -1.51. The minimum atomic E-state index is -3.80. The fraction of sp³-hybridized carbons (Fsp3) is 0.562.